The van der Waals surface area contributed by atoms with Gasteiger partial charge in [-0.25, -0.2) is 0 Å². The normalized spacial score (nSPS) is 18.3. The summed E-state index contributed by atoms with van der Waals surface area (Å²) in [5.41, 5.74) is 2.31. The van der Waals surface area contributed by atoms with Gasteiger partial charge in [0.15, 0.2) is 0 Å². The maximum Gasteiger partial charge on any atom is 0.281 e. The third-order valence-electron chi connectivity index (χ3n) is 4.90. The molecule has 0 spiro atoms. The topological polar surface area (TPSA) is 69.7 Å². The van der Waals surface area contributed by atoms with Crippen LogP contribution in [0.25, 0.3) is 0 Å². The Hall–Kier alpha value is -1.44. The van der Waals surface area contributed by atoms with Crippen molar-refractivity contribution < 1.29 is 13.2 Å². The molecular weight excluding hydrogens is 338 g/mol. The second kappa shape index (κ2) is 8.29. The first kappa shape index (κ1) is 19.9. The molecule has 2 rings (SSSR count). The van der Waals surface area contributed by atoms with Crippen molar-refractivity contribution >= 4 is 16.1 Å². The second-order valence-corrected chi connectivity index (χ2v) is 8.93. The largest absolute Gasteiger partial charge is 0.349 e. The van der Waals surface area contributed by atoms with Crippen LogP contribution >= 0.6 is 0 Å². The molecular formula is C18H29N3O3S. The summed E-state index contributed by atoms with van der Waals surface area (Å²) in [6.07, 6.45) is 1.94. The molecule has 1 aromatic rings. The number of amides is 1. The van der Waals surface area contributed by atoms with Crippen molar-refractivity contribution in [3.05, 3.63) is 35.4 Å². The van der Waals surface area contributed by atoms with Crippen LogP contribution in [0.2, 0.25) is 0 Å². The van der Waals surface area contributed by atoms with Crippen molar-refractivity contribution in [3.8, 4) is 0 Å². The monoisotopic (exact) mass is 367 g/mol. The quantitative estimate of drug-likeness (QED) is 0.837. The van der Waals surface area contributed by atoms with E-state index in [1.165, 1.54) is 28.3 Å². The predicted octanol–water partition coefficient (Wildman–Crippen LogP) is 2.08. The van der Waals surface area contributed by atoms with Gasteiger partial charge >= 0.3 is 0 Å². The summed E-state index contributed by atoms with van der Waals surface area (Å²) >= 11 is 0. The first-order chi connectivity index (χ1) is 11.8. The van der Waals surface area contributed by atoms with Crippen LogP contribution in [0.4, 0.5) is 0 Å². The van der Waals surface area contributed by atoms with Crippen molar-refractivity contribution in [2.24, 2.45) is 5.92 Å². The standard InChI is InChI=1S/C18H29N3O3S/c1-5-17(16-9-7-6-8-14(16)2)19-18(22)15-10-12-21(13-11-15)25(23,24)20(3)4/h6-9,15,17H,5,10-13H2,1-4H3,(H,19,22). The molecule has 1 N–H and O–H groups in total. The van der Waals surface area contributed by atoms with Crippen LogP contribution in [-0.4, -0.2) is 50.1 Å². The molecule has 1 saturated heterocycles. The van der Waals surface area contributed by atoms with Crippen LogP contribution in [0.1, 0.15) is 43.4 Å². The molecule has 25 heavy (non-hydrogen) atoms. The average molecular weight is 368 g/mol. The smallest absolute Gasteiger partial charge is 0.281 e. The zero-order valence-electron chi connectivity index (χ0n) is 15.5. The Morgan fingerprint density at radius 3 is 2.40 bits per heavy atom. The van der Waals surface area contributed by atoms with Gasteiger partial charge in [0.2, 0.25) is 5.91 Å². The summed E-state index contributed by atoms with van der Waals surface area (Å²) in [7, 11) is -0.331. The van der Waals surface area contributed by atoms with Crippen molar-refractivity contribution in [1.29, 1.82) is 0 Å². The lowest BCUT2D eigenvalue weighted by Crippen LogP contribution is -2.47. The minimum Gasteiger partial charge on any atom is -0.349 e. The molecule has 1 fully saturated rings. The lowest BCUT2D eigenvalue weighted by atomic mass is 9.94. The molecule has 1 amide bonds. The van der Waals surface area contributed by atoms with Crippen LogP contribution < -0.4 is 5.32 Å². The van der Waals surface area contributed by atoms with E-state index in [0.717, 1.165) is 12.0 Å². The Balaban J connectivity index is 1.97. The minimum absolute atomic E-state index is 0.00256. The first-order valence-corrected chi connectivity index (χ1v) is 10.2. The van der Waals surface area contributed by atoms with Crippen molar-refractivity contribution in [2.45, 2.75) is 39.2 Å². The lowest BCUT2D eigenvalue weighted by Gasteiger charge is -2.33. The highest BCUT2D eigenvalue weighted by Crippen LogP contribution is 2.24. The average Bonchev–Trinajstić information content (AvgIpc) is 2.60. The predicted molar refractivity (Wildman–Crippen MR) is 99.3 cm³/mol. The van der Waals surface area contributed by atoms with E-state index in [4.69, 9.17) is 0 Å². The first-order valence-electron chi connectivity index (χ1n) is 8.80. The van der Waals surface area contributed by atoms with Gasteiger partial charge in [-0.3, -0.25) is 4.79 Å². The number of hydrogen-bond donors (Lipinski definition) is 1. The molecule has 0 saturated carbocycles. The Bertz CT molecular complexity index is 695. The summed E-state index contributed by atoms with van der Waals surface area (Å²) < 4.78 is 27.0. The number of hydrogen-bond acceptors (Lipinski definition) is 3. The second-order valence-electron chi connectivity index (χ2n) is 6.79. The van der Waals surface area contributed by atoms with Crippen LogP contribution in [0.5, 0.6) is 0 Å². The van der Waals surface area contributed by atoms with Crippen LogP contribution in [0, 0.1) is 12.8 Å². The Labute approximate surface area is 151 Å². The molecule has 1 heterocycles. The number of piperidine rings is 1. The van der Waals surface area contributed by atoms with Gasteiger partial charge in [0.05, 0.1) is 6.04 Å². The van der Waals surface area contributed by atoms with Gasteiger partial charge in [-0.1, -0.05) is 31.2 Å². The van der Waals surface area contributed by atoms with Gasteiger partial charge in [-0.05, 0) is 37.3 Å². The van der Waals surface area contributed by atoms with Crippen LogP contribution in [-0.2, 0) is 15.0 Å². The number of benzene rings is 1. The maximum atomic E-state index is 12.7. The van der Waals surface area contributed by atoms with E-state index in [9.17, 15) is 13.2 Å². The SMILES string of the molecule is CCC(NC(=O)C1CCN(S(=O)(=O)N(C)C)CC1)c1ccccc1C. The van der Waals surface area contributed by atoms with Crippen molar-refractivity contribution in [3.63, 3.8) is 0 Å². The van der Waals surface area contributed by atoms with Gasteiger partial charge in [-0.15, -0.1) is 0 Å². The fraction of sp³-hybridized carbons (Fsp3) is 0.611. The molecule has 1 atom stereocenters. The minimum atomic E-state index is -3.39. The van der Waals surface area contributed by atoms with E-state index in [1.807, 2.05) is 12.1 Å². The fourth-order valence-corrected chi connectivity index (χ4v) is 4.38. The molecule has 1 aliphatic rings. The van der Waals surface area contributed by atoms with Gasteiger partial charge < -0.3 is 5.32 Å². The summed E-state index contributed by atoms with van der Waals surface area (Å²) in [6.45, 7) is 4.89. The summed E-state index contributed by atoms with van der Waals surface area (Å²) in [6, 6.07) is 8.08. The Morgan fingerprint density at radius 2 is 1.88 bits per heavy atom. The van der Waals surface area contributed by atoms with E-state index in [1.54, 1.807) is 0 Å². The molecule has 1 aromatic carbocycles. The van der Waals surface area contributed by atoms with E-state index in [-0.39, 0.29) is 17.9 Å². The molecule has 140 valence electrons. The Morgan fingerprint density at radius 1 is 1.28 bits per heavy atom. The highest BCUT2D eigenvalue weighted by molar-refractivity contribution is 7.86. The lowest BCUT2D eigenvalue weighted by molar-refractivity contribution is -0.126. The van der Waals surface area contributed by atoms with E-state index >= 15 is 0 Å². The molecule has 1 unspecified atom stereocenters. The molecule has 6 nitrogen and oxygen atoms in total. The number of nitrogens with one attached hydrogen (secondary N) is 1. The highest BCUT2D eigenvalue weighted by atomic mass is 32.2. The molecule has 7 heteroatoms. The van der Waals surface area contributed by atoms with E-state index < -0.39 is 10.2 Å². The fourth-order valence-electron chi connectivity index (χ4n) is 3.25. The molecule has 0 aromatic heterocycles. The van der Waals surface area contributed by atoms with Crippen molar-refractivity contribution in [1.82, 2.24) is 13.9 Å². The van der Waals surface area contributed by atoms with Gasteiger partial charge in [0, 0.05) is 33.1 Å². The highest BCUT2D eigenvalue weighted by Gasteiger charge is 2.32. The summed E-state index contributed by atoms with van der Waals surface area (Å²) in [5, 5.41) is 3.15. The zero-order valence-corrected chi connectivity index (χ0v) is 16.3. The summed E-state index contributed by atoms with van der Waals surface area (Å²) in [4.78, 5) is 12.7. The third-order valence-corrected chi connectivity index (χ3v) is 6.84. The third kappa shape index (κ3) is 4.59. The van der Waals surface area contributed by atoms with E-state index in [2.05, 4.69) is 31.3 Å². The molecule has 0 aliphatic carbocycles. The zero-order chi connectivity index (χ0) is 18.6. The molecule has 0 bridgehead atoms. The summed E-state index contributed by atoms with van der Waals surface area (Å²) in [5.74, 6) is -0.108. The number of carbonyl (C=O) groups is 1. The number of rotatable bonds is 6. The molecule has 0 radical (unpaired) electrons. The number of carbonyl (C=O) groups excluding carboxylic acids is 1. The van der Waals surface area contributed by atoms with E-state index in [0.29, 0.717) is 25.9 Å². The Kier molecular flexibility index (Phi) is 6.59. The maximum absolute atomic E-state index is 12.7. The molecule has 1 aliphatic heterocycles. The number of aryl methyl sites for hydroxylation is 1. The van der Waals surface area contributed by atoms with Crippen molar-refractivity contribution in [2.75, 3.05) is 27.2 Å². The number of nitrogens with zero attached hydrogens (tertiary/aromatic N) is 2. The van der Waals surface area contributed by atoms with Crippen LogP contribution in [0.3, 0.4) is 0 Å². The van der Waals surface area contributed by atoms with Gasteiger partial charge in [-0.2, -0.15) is 17.0 Å². The van der Waals surface area contributed by atoms with Gasteiger partial charge in [0.1, 0.15) is 0 Å². The van der Waals surface area contributed by atoms with Crippen LogP contribution in [0.15, 0.2) is 24.3 Å². The van der Waals surface area contributed by atoms with Gasteiger partial charge in [0.25, 0.3) is 10.2 Å².